The van der Waals surface area contributed by atoms with Crippen molar-refractivity contribution in [3.8, 4) is 0 Å². The minimum atomic E-state index is -0.752. The van der Waals surface area contributed by atoms with Gasteiger partial charge >= 0.3 is 0 Å². The highest BCUT2D eigenvalue weighted by Crippen LogP contribution is 2.28. The fraction of sp³-hybridized carbons (Fsp3) is 0.143. The molecule has 4 nitrogen and oxygen atoms in total. The number of nitrogens with zero attached hydrogens (tertiary/aromatic N) is 1. The molecule has 3 aromatic rings. The lowest BCUT2D eigenvalue weighted by atomic mass is 9.93. The van der Waals surface area contributed by atoms with Gasteiger partial charge in [-0.25, -0.2) is 0 Å². The summed E-state index contributed by atoms with van der Waals surface area (Å²) in [6.07, 6.45) is 3.83. The van der Waals surface area contributed by atoms with Crippen LogP contribution in [-0.2, 0) is 16.0 Å². The Labute approximate surface area is 229 Å². The first-order chi connectivity index (χ1) is 17.2. The van der Waals surface area contributed by atoms with Gasteiger partial charge in [-0.2, -0.15) is 0 Å². The second-order valence-corrected chi connectivity index (χ2v) is 10.1. The van der Waals surface area contributed by atoms with Crippen LogP contribution >= 0.6 is 46.4 Å². The number of halogens is 4. The molecular formula is C28H22Cl4N2O2. The topological polar surface area (TPSA) is 63.4 Å². The lowest BCUT2D eigenvalue weighted by Gasteiger charge is -2.32. The molecule has 8 heteroatoms. The minimum absolute atomic E-state index is 0.124. The third kappa shape index (κ3) is 6.39. The van der Waals surface area contributed by atoms with Crippen LogP contribution in [0.4, 0.5) is 0 Å². The highest BCUT2D eigenvalue weighted by Gasteiger charge is 2.31. The van der Waals surface area contributed by atoms with Gasteiger partial charge in [0.25, 0.3) is 0 Å². The Hall–Kier alpha value is -2.60. The third-order valence-corrected chi connectivity index (χ3v) is 7.28. The molecule has 1 atom stereocenters. The van der Waals surface area contributed by atoms with Crippen molar-refractivity contribution < 1.29 is 9.59 Å². The van der Waals surface area contributed by atoms with Gasteiger partial charge < -0.3 is 10.6 Å². The molecule has 1 aliphatic rings. The molecule has 4 rings (SSSR count). The first-order valence-electron chi connectivity index (χ1n) is 11.2. The van der Waals surface area contributed by atoms with Crippen LogP contribution in [0.25, 0.3) is 12.2 Å². The first kappa shape index (κ1) is 26.5. The molecular weight excluding hydrogens is 538 g/mol. The predicted octanol–water partition coefficient (Wildman–Crippen LogP) is 6.75. The van der Waals surface area contributed by atoms with Crippen molar-refractivity contribution in [3.05, 3.63) is 115 Å². The van der Waals surface area contributed by atoms with Gasteiger partial charge in [0, 0.05) is 24.2 Å². The van der Waals surface area contributed by atoms with E-state index in [1.54, 1.807) is 53.5 Å². The summed E-state index contributed by atoms with van der Waals surface area (Å²) in [6.45, 7) is 0.248. The van der Waals surface area contributed by atoms with E-state index < -0.39 is 6.04 Å². The number of nitrogens with two attached hydrogens (primary N) is 1. The Bertz CT molecular complexity index is 1300. The third-order valence-electron chi connectivity index (χ3n) is 5.80. The first-order valence-corrected chi connectivity index (χ1v) is 12.7. The molecule has 0 saturated carbocycles. The van der Waals surface area contributed by atoms with Crippen LogP contribution in [0.15, 0.2) is 77.9 Å². The molecule has 0 aliphatic carbocycles. The number of ketones is 1. The number of benzene rings is 3. The van der Waals surface area contributed by atoms with Crippen molar-refractivity contribution in [2.45, 2.75) is 12.5 Å². The van der Waals surface area contributed by atoms with Gasteiger partial charge in [-0.3, -0.25) is 9.59 Å². The Morgan fingerprint density at radius 1 is 0.806 bits per heavy atom. The molecule has 0 spiro atoms. The van der Waals surface area contributed by atoms with E-state index in [9.17, 15) is 9.59 Å². The summed E-state index contributed by atoms with van der Waals surface area (Å²) in [5.74, 6) is -0.417. The quantitative estimate of drug-likeness (QED) is 0.352. The van der Waals surface area contributed by atoms with Gasteiger partial charge in [0.05, 0.1) is 26.1 Å². The van der Waals surface area contributed by atoms with Crippen molar-refractivity contribution in [3.63, 3.8) is 0 Å². The van der Waals surface area contributed by atoms with E-state index in [1.807, 2.05) is 30.3 Å². The number of Topliss-reactive ketones (excluding diaryl/α,β-unsaturated/α-hetero) is 1. The lowest BCUT2D eigenvalue weighted by Crippen LogP contribution is -2.49. The number of rotatable bonds is 5. The number of likely N-dealkylation sites (tertiary alicyclic amines) is 1. The van der Waals surface area contributed by atoms with Gasteiger partial charge in [-0.15, -0.1) is 0 Å². The molecule has 3 aromatic carbocycles. The highest BCUT2D eigenvalue weighted by atomic mass is 35.5. The molecule has 0 aromatic heterocycles. The van der Waals surface area contributed by atoms with Crippen LogP contribution in [0.3, 0.4) is 0 Å². The van der Waals surface area contributed by atoms with Gasteiger partial charge in [-0.05, 0) is 59.5 Å². The van der Waals surface area contributed by atoms with Crippen LogP contribution in [0.5, 0.6) is 0 Å². The average Bonchev–Trinajstić information content (AvgIpc) is 2.86. The molecule has 1 heterocycles. The van der Waals surface area contributed by atoms with Crippen molar-refractivity contribution in [1.29, 1.82) is 0 Å². The summed E-state index contributed by atoms with van der Waals surface area (Å²) in [7, 11) is 0. The van der Waals surface area contributed by atoms with E-state index >= 15 is 0 Å². The maximum atomic E-state index is 13.4. The Morgan fingerprint density at radius 2 is 1.31 bits per heavy atom. The van der Waals surface area contributed by atoms with E-state index in [-0.39, 0.29) is 24.8 Å². The normalized spacial score (nSPS) is 17.0. The predicted molar refractivity (Wildman–Crippen MR) is 149 cm³/mol. The van der Waals surface area contributed by atoms with E-state index in [2.05, 4.69) is 0 Å². The number of hydrogen-bond acceptors (Lipinski definition) is 3. The van der Waals surface area contributed by atoms with Gasteiger partial charge in [-0.1, -0.05) is 88.9 Å². The number of carbonyl (C=O) groups is 2. The minimum Gasteiger partial charge on any atom is -0.332 e. The summed E-state index contributed by atoms with van der Waals surface area (Å²) in [5.41, 5.74) is 9.54. The van der Waals surface area contributed by atoms with Crippen molar-refractivity contribution in [2.75, 3.05) is 13.1 Å². The number of piperidine rings is 1. The van der Waals surface area contributed by atoms with Crippen LogP contribution < -0.4 is 5.73 Å². The zero-order chi connectivity index (χ0) is 25.8. The summed E-state index contributed by atoms with van der Waals surface area (Å²) in [5, 5.41) is 1.58. The van der Waals surface area contributed by atoms with Gasteiger partial charge in [0.1, 0.15) is 0 Å². The largest absolute Gasteiger partial charge is 0.332 e. The van der Waals surface area contributed by atoms with Crippen LogP contribution in [0, 0.1) is 0 Å². The zero-order valence-electron chi connectivity index (χ0n) is 19.1. The standard InChI is InChI=1S/C28H22Cl4N2O2/c29-22-8-6-18(12-24(22)31)10-20-15-34(28(36)26(33)14-17-4-2-1-3-5-17)16-21(27(20)35)11-19-7-9-23(30)25(32)13-19/h1-13,26H,14-16,33H2/b20-10-,21-11?/t26-/m0/s1. The van der Waals surface area contributed by atoms with Crippen LogP contribution in [0.1, 0.15) is 16.7 Å². The lowest BCUT2D eigenvalue weighted by molar-refractivity contribution is -0.132. The van der Waals surface area contributed by atoms with Crippen molar-refractivity contribution in [2.24, 2.45) is 5.73 Å². The average molecular weight is 560 g/mol. The fourth-order valence-electron chi connectivity index (χ4n) is 3.99. The van der Waals surface area contributed by atoms with Gasteiger partial charge in [0.2, 0.25) is 5.91 Å². The number of amides is 1. The molecule has 1 amide bonds. The molecule has 184 valence electrons. The van der Waals surface area contributed by atoms with E-state index in [4.69, 9.17) is 52.1 Å². The molecule has 0 bridgehead atoms. The fourth-order valence-corrected chi connectivity index (χ4v) is 4.60. The molecule has 36 heavy (non-hydrogen) atoms. The zero-order valence-corrected chi connectivity index (χ0v) is 22.1. The Balaban J connectivity index is 1.68. The highest BCUT2D eigenvalue weighted by molar-refractivity contribution is 6.42. The van der Waals surface area contributed by atoms with E-state index in [0.717, 1.165) is 5.56 Å². The van der Waals surface area contributed by atoms with E-state index in [1.165, 1.54) is 0 Å². The molecule has 0 radical (unpaired) electrons. The smallest absolute Gasteiger partial charge is 0.240 e. The molecule has 2 N–H and O–H groups in total. The number of carbonyl (C=O) groups excluding carboxylic acids is 2. The van der Waals surface area contributed by atoms with Crippen LogP contribution in [0.2, 0.25) is 20.1 Å². The SMILES string of the molecule is N[C@@H](Cc1ccccc1)C(=O)N1CC(=Cc2ccc(Cl)c(Cl)c2)C(=O)/C(=C\c2ccc(Cl)c(Cl)c2)C1. The van der Waals surface area contributed by atoms with Crippen molar-refractivity contribution >= 4 is 70.2 Å². The van der Waals surface area contributed by atoms with Crippen molar-refractivity contribution in [1.82, 2.24) is 4.90 Å². The summed E-state index contributed by atoms with van der Waals surface area (Å²) in [6, 6.07) is 19.0. The van der Waals surface area contributed by atoms with Crippen LogP contribution in [-0.4, -0.2) is 35.7 Å². The summed E-state index contributed by atoms with van der Waals surface area (Å²) < 4.78 is 0. The molecule has 1 saturated heterocycles. The second-order valence-electron chi connectivity index (χ2n) is 8.51. The van der Waals surface area contributed by atoms with Gasteiger partial charge in [0.15, 0.2) is 5.78 Å². The molecule has 0 unspecified atom stereocenters. The second kappa shape index (κ2) is 11.6. The number of hydrogen-bond donors (Lipinski definition) is 1. The maximum absolute atomic E-state index is 13.4. The maximum Gasteiger partial charge on any atom is 0.240 e. The monoisotopic (exact) mass is 558 g/mol. The summed E-state index contributed by atoms with van der Waals surface area (Å²) >= 11 is 24.4. The Morgan fingerprint density at radius 3 is 1.78 bits per heavy atom. The molecule has 1 fully saturated rings. The molecule has 1 aliphatic heterocycles. The van der Waals surface area contributed by atoms with E-state index in [0.29, 0.717) is 48.8 Å². The summed E-state index contributed by atoms with van der Waals surface area (Å²) in [4.78, 5) is 28.4. The Kier molecular flexibility index (Phi) is 8.55.